The Hall–Kier alpha value is -1.56. The highest BCUT2D eigenvalue weighted by Crippen LogP contribution is 2.49. The first kappa shape index (κ1) is 21.7. The van der Waals surface area contributed by atoms with Crippen molar-refractivity contribution in [1.29, 1.82) is 0 Å². The van der Waals surface area contributed by atoms with Crippen LogP contribution in [0.25, 0.3) is 11.1 Å². The molecule has 1 aliphatic heterocycles. The van der Waals surface area contributed by atoms with Crippen LogP contribution in [0.1, 0.15) is 24.0 Å². The molecule has 160 valence electrons. The molecule has 1 atom stereocenters. The van der Waals surface area contributed by atoms with Crippen LogP contribution in [-0.2, 0) is 27.8 Å². The molecule has 1 amide bonds. The highest BCUT2D eigenvalue weighted by molar-refractivity contribution is 14.1. The Kier molecular flexibility index (Phi) is 5.90. The zero-order valence-electron chi connectivity index (χ0n) is 16.2. The van der Waals surface area contributed by atoms with E-state index in [0.29, 0.717) is 18.0 Å². The van der Waals surface area contributed by atoms with Crippen molar-refractivity contribution in [1.82, 2.24) is 9.37 Å². The smallest absolute Gasteiger partial charge is 0.233 e. The van der Waals surface area contributed by atoms with Gasteiger partial charge in [0.15, 0.2) is 0 Å². The summed E-state index contributed by atoms with van der Waals surface area (Å²) in [6, 6.07) is 11.3. The first-order chi connectivity index (χ1) is 14.2. The maximum Gasteiger partial charge on any atom is 0.233 e. The molecular formula is C21H22FIN2O4S. The van der Waals surface area contributed by atoms with Crippen LogP contribution in [0.4, 0.5) is 4.39 Å². The number of fused-ring (bicyclic) bond motifs is 1. The molecule has 6 nitrogen and oxygen atoms in total. The summed E-state index contributed by atoms with van der Waals surface area (Å²) in [5.41, 5.74) is 3.77. The molecule has 1 fully saturated rings. The summed E-state index contributed by atoms with van der Waals surface area (Å²) in [4.78, 5) is 11.1. The van der Waals surface area contributed by atoms with Crippen molar-refractivity contribution in [3.63, 3.8) is 0 Å². The standard InChI is InChI=1S/C21H22FIN2O4S/c22-19-5-3-15(4-6-19)17-2-1-16-7-10-24(12-18(16)11-17)30(28,29)13-20(25(27)14-26)21(23)8-9-21/h1-6,11,14,20,27H,7-10,12-13H2. The summed E-state index contributed by atoms with van der Waals surface area (Å²) in [6.07, 6.45) is 2.40. The van der Waals surface area contributed by atoms with Crippen LogP contribution in [0.15, 0.2) is 42.5 Å². The molecule has 9 heteroatoms. The number of sulfonamides is 1. The van der Waals surface area contributed by atoms with Gasteiger partial charge in [-0.3, -0.25) is 10.0 Å². The molecule has 1 aliphatic carbocycles. The van der Waals surface area contributed by atoms with Crippen molar-refractivity contribution in [3.05, 3.63) is 59.4 Å². The van der Waals surface area contributed by atoms with E-state index in [1.54, 1.807) is 12.1 Å². The van der Waals surface area contributed by atoms with Gasteiger partial charge in [0.2, 0.25) is 16.4 Å². The second-order valence-corrected chi connectivity index (χ2v) is 12.1. The molecular weight excluding hydrogens is 522 g/mol. The molecule has 0 aromatic heterocycles. The van der Waals surface area contributed by atoms with Gasteiger partial charge in [0.05, 0.1) is 11.8 Å². The molecule has 2 aromatic rings. The Morgan fingerprint density at radius 1 is 1.17 bits per heavy atom. The fourth-order valence-electron chi connectivity index (χ4n) is 3.88. The van der Waals surface area contributed by atoms with Gasteiger partial charge >= 0.3 is 0 Å². The van der Waals surface area contributed by atoms with Crippen LogP contribution < -0.4 is 0 Å². The van der Waals surface area contributed by atoms with E-state index >= 15 is 0 Å². The third-order valence-electron chi connectivity index (χ3n) is 5.88. The average molecular weight is 544 g/mol. The highest BCUT2D eigenvalue weighted by Gasteiger charge is 2.52. The van der Waals surface area contributed by atoms with Crippen LogP contribution in [0.2, 0.25) is 0 Å². The van der Waals surface area contributed by atoms with Gasteiger partial charge in [-0.25, -0.2) is 17.9 Å². The van der Waals surface area contributed by atoms with E-state index < -0.39 is 19.5 Å². The highest BCUT2D eigenvalue weighted by atomic mass is 127. The maximum absolute atomic E-state index is 13.2. The normalized spacial score (nSPS) is 19.0. The number of hydrogen-bond donors (Lipinski definition) is 1. The van der Waals surface area contributed by atoms with Crippen molar-refractivity contribution in [2.45, 2.75) is 35.3 Å². The lowest BCUT2D eigenvalue weighted by Gasteiger charge is -2.32. The van der Waals surface area contributed by atoms with Crippen LogP contribution in [0.5, 0.6) is 0 Å². The van der Waals surface area contributed by atoms with E-state index in [-0.39, 0.29) is 24.5 Å². The Morgan fingerprint density at radius 2 is 1.83 bits per heavy atom. The average Bonchev–Trinajstić information content (AvgIpc) is 3.49. The number of hydrogen-bond acceptors (Lipinski definition) is 4. The number of rotatable bonds is 7. The minimum atomic E-state index is -3.69. The van der Waals surface area contributed by atoms with Crippen LogP contribution in [-0.4, -0.2) is 51.2 Å². The lowest BCUT2D eigenvalue weighted by atomic mass is 9.95. The molecule has 0 bridgehead atoms. The largest absolute Gasteiger partial charge is 0.286 e. The van der Waals surface area contributed by atoms with E-state index in [2.05, 4.69) is 22.6 Å². The summed E-state index contributed by atoms with van der Waals surface area (Å²) in [5.74, 6) is -0.612. The zero-order valence-corrected chi connectivity index (χ0v) is 19.1. The minimum Gasteiger partial charge on any atom is -0.286 e. The predicted octanol–water partition coefficient (Wildman–Crippen LogP) is 3.36. The summed E-state index contributed by atoms with van der Waals surface area (Å²) in [5, 5.41) is 10.4. The summed E-state index contributed by atoms with van der Waals surface area (Å²) in [7, 11) is -3.69. The molecule has 1 heterocycles. The molecule has 1 N–H and O–H groups in total. The molecule has 30 heavy (non-hydrogen) atoms. The zero-order chi connectivity index (χ0) is 21.5. The molecule has 1 unspecified atom stereocenters. The lowest BCUT2D eigenvalue weighted by Crippen LogP contribution is -2.48. The SMILES string of the molecule is O=CN(O)C(CS(=O)(=O)N1CCc2ccc(-c3ccc(F)cc3)cc2C1)C1(I)CC1. The van der Waals surface area contributed by atoms with Crippen molar-refractivity contribution in [3.8, 4) is 11.1 Å². The molecule has 0 radical (unpaired) electrons. The van der Waals surface area contributed by atoms with E-state index in [4.69, 9.17) is 0 Å². The Bertz CT molecular complexity index is 1060. The van der Waals surface area contributed by atoms with Crippen LogP contribution in [0, 0.1) is 5.82 Å². The van der Waals surface area contributed by atoms with Crippen molar-refractivity contribution >= 4 is 39.0 Å². The number of benzene rings is 2. The van der Waals surface area contributed by atoms with Crippen molar-refractivity contribution < 1.29 is 22.8 Å². The van der Waals surface area contributed by atoms with Crippen LogP contribution in [0.3, 0.4) is 0 Å². The number of hydroxylamine groups is 2. The lowest BCUT2D eigenvalue weighted by molar-refractivity contribution is -0.158. The molecule has 0 spiro atoms. The van der Waals surface area contributed by atoms with Crippen LogP contribution >= 0.6 is 22.6 Å². The number of carbonyl (C=O) groups is 1. The summed E-state index contributed by atoms with van der Waals surface area (Å²) >= 11 is 2.14. The number of amides is 1. The van der Waals surface area contributed by atoms with E-state index in [9.17, 15) is 22.8 Å². The number of halogens is 2. The fraction of sp³-hybridized carbons (Fsp3) is 0.381. The van der Waals surface area contributed by atoms with Gasteiger partial charge < -0.3 is 0 Å². The Labute approximate surface area is 188 Å². The fourth-order valence-corrected chi connectivity index (χ4v) is 6.75. The van der Waals surface area contributed by atoms with E-state index in [1.165, 1.54) is 16.4 Å². The Balaban J connectivity index is 1.56. The molecule has 2 aliphatic rings. The van der Waals surface area contributed by atoms with Gasteiger partial charge in [-0.1, -0.05) is 46.9 Å². The van der Waals surface area contributed by atoms with Gasteiger partial charge in [0.1, 0.15) is 5.82 Å². The molecule has 4 rings (SSSR count). The maximum atomic E-state index is 13.2. The van der Waals surface area contributed by atoms with Gasteiger partial charge in [-0.15, -0.1) is 0 Å². The Morgan fingerprint density at radius 3 is 2.47 bits per heavy atom. The van der Waals surface area contributed by atoms with E-state index in [1.807, 2.05) is 18.2 Å². The number of nitrogens with zero attached hydrogens (tertiary/aromatic N) is 2. The number of carbonyl (C=O) groups excluding carboxylic acids is 1. The first-order valence-electron chi connectivity index (χ1n) is 9.69. The minimum absolute atomic E-state index is 0.236. The molecule has 0 saturated heterocycles. The monoisotopic (exact) mass is 544 g/mol. The quantitative estimate of drug-likeness (QED) is 0.191. The van der Waals surface area contributed by atoms with Gasteiger partial charge in [0.25, 0.3) is 0 Å². The third kappa shape index (κ3) is 4.39. The topological polar surface area (TPSA) is 77.9 Å². The first-order valence-corrected chi connectivity index (χ1v) is 12.4. The molecule has 1 saturated carbocycles. The molecule has 2 aromatic carbocycles. The van der Waals surface area contributed by atoms with Gasteiger partial charge in [-0.05, 0) is 59.7 Å². The second-order valence-electron chi connectivity index (χ2n) is 7.89. The predicted molar refractivity (Wildman–Crippen MR) is 119 cm³/mol. The third-order valence-corrected chi connectivity index (χ3v) is 9.51. The van der Waals surface area contributed by atoms with Gasteiger partial charge in [0, 0.05) is 16.5 Å². The van der Waals surface area contributed by atoms with Gasteiger partial charge in [-0.2, -0.15) is 4.31 Å². The van der Waals surface area contributed by atoms with Crippen molar-refractivity contribution in [2.24, 2.45) is 0 Å². The van der Waals surface area contributed by atoms with E-state index in [0.717, 1.165) is 35.1 Å². The second kappa shape index (κ2) is 8.18. The van der Waals surface area contributed by atoms with Crippen molar-refractivity contribution in [2.75, 3.05) is 12.3 Å². The summed E-state index contributed by atoms with van der Waals surface area (Å²) in [6.45, 7) is 0.596. The number of alkyl halides is 1. The summed E-state index contributed by atoms with van der Waals surface area (Å²) < 4.78 is 40.5.